The summed E-state index contributed by atoms with van der Waals surface area (Å²) in [6.45, 7) is 0. The molecule has 1 N–H and O–H groups in total. The minimum absolute atomic E-state index is 0.00423. The maximum Gasteiger partial charge on any atom is 0.228 e. The van der Waals surface area contributed by atoms with E-state index in [0.717, 1.165) is 16.8 Å². The lowest BCUT2D eigenvalue weighted by molar-refractivity contribution is -0.115. The summed E-state index contributed by atoms with van der Waals surface area (Å²) in [5.41, 5.74) is 2.95. The van der Waals surface area contributed by atoms with Crippen molar-refractivity contribution in [3.05, 3.63) is 65.7 Å². The number of carbonyl (C=O) groups excluding carboxylic acids is 1. The first-order valence-electron chi connectivity index (χ1n) is 5.82. The van der Waals surface area contributed by atoms with Gasteiger partial charge >= 0.3 is 0 Å². The Morgan fingerprint density at radius 1 is 0.944 bits per heavy atom. The van der Waals surface area contributed by atoms with Crippen molar-refractivity contribution in [1.29, 1.82) is 0 Å². The van der Waals surface area contributed by atoms with Gasteiger partial charge in [0.25, 0.3) is 0 Å². The number of nitrogens with one attached hydrogen (secondary N) is 1. The molecule has 0 heterocycles. The van der Waals surface area contributed by atoms with Crippen molar-refractivity contribution in [2.24, 2.45) is 0 Å². The van der Waals surface area contributed by atoms with Gasteiger partial charge in [-0.3, -0.25) is 4.79 Å². The van der Waals surface area contributed by atoms with E-state index in [4.69, 9.17) is 0 Å². The molecule has 0 aromatic heterocycles. The van der Waals surface area contributed by atoms with Crippen LogP contribution in [0.1, 0.15) is 11.1 Å². The van der Waals surface area contributed by atoms with Crippen LogP contribution in [0.3, 0.4) is 0 Å². The van der Waals surface area contributed by atoms with E-state index in [0.29, 0.717) is 12.2 Å². The van der Waals surface area contributed by atoms with Crippen LogP contribution in [0.5, 0.6) is 0 Å². The molecule has 2 rings (SSSR count). The van der Waals surface area contributed by atoms with Gasteiger partial charge in [0.05, 0.1) is 6.42 Å². The molecule has 92 valence electrons. The van der Waals surface area contributed by atoms with E-state index in [9.17, 15) is 4.79 Å². The highest BCUT2D eigenvalue weighted by Gasteiger charge is 2.06. The Morgan fingerprint density at radius 2 is 1.56 bits per heavy atom. The van der Waals surface area contributed by atoms with Crippen molar-refractivity contribution >= 4 is 24.2 Å². The van der Waals surface area contributed by atoms with E-state index < -0.39 is 0 Å². The van der Waals surface area contributed by atoms with Crippen molar-refractivity contribution < 1.29 is 4.79 Å². The fourth-order valence-corrected chi connectivity index (χ4v) is 2.09. The highest BCUT2D eigenvalue weighted by Crippen LogP contribution is 2.13. The third kappa shape index (κ3) is 3.37. The zero-order chi connectivity index (χ0) is 12.8. The molecule has 2 nitrogen and oxygen atoms in total. The predicted molar refractivity (Wildman–Crippen MR) is 77.9 cm³/mol. The molecule has 1 amide bonds. The second kappa shape index (κ2) is 6.26. The molecular weight excluding hydrogens is 242 g/mol. The molecule has 0 bridgehead atoms. The van der Waals surface area contributed by atoms with Crippen molar-refractivity contribution in [1.82, 2.24) is 0 Å². The van der Waals surface area contributed by atoms with E-state index in [1.54, 1.807) is 0 Å². The van der Waals surface area contributed by atoms with Crippen LogP contribution in [0.15, 0.2) is 54.6 Å². The number of hydrogen-bond donors (Lipinski definition) is 2. The fourth-order valence-electron chi connectivity index (χ4n) is 1.78. The molecule has 2 aromatic carbocycles. The Bertz CT molecular complexity index is 525. The molecule has 3 heteroatoms. The first-order chi connectivity index (χ1) is 8.79. The van der Waals surface area contributed by atoms with E-state index in [-0.39, 0.29) is 5.91 Å². The van der Waals surface area contributed by atoms with Crippen LogP contribution in [0, 0.1) is 0 Å². The highest BCUT2D eigenvalue weighted by atomic mass is 32.1. The Balaban J connectivity index is 2.03. The van der Waals surface area contributed by atoms with Crippen molar-refractivity contribution in [2.75, 3.05) is 5.32 Å². The molecule has 18 heavy (non-hydrogen) atoms. The SMILES string of the molecule is O=C(Cc1ccccc1CS)Nc1ccccc1. The zero-order valence-corrected chi connectivity index (χ0v) is 10.9. The first-order valence-corrected chi connectivity index (χ1v) is 6.45. The number of benzene rings is 2. The molecule has 0 unspecified atom stereocenters. The van der Waals surface area contributed by atoms with E-state index in [1.165, 1.54) is 0 Å². The Kier molecular flexibility index (Phi) is 4.42. The summed E-state index contributed by atoms with van der Waals surface area (Å²) in [5, 5.41) is 2.88. The van der Waals surface area contributed by atoms with Gasteiger partial charge in [0.1, 0.15) is 0 Å². The average molecular weight is 257 g/mol. The van der Waals surface area contributed by atoms with Crippen molar-refractivity contribution in [2.45, 2.75) is 12.2 Å². The second-order valence-corrected chi connectivity index (χ2v) is 4.33. The van der Waals surface area contributed by atoms with Gasteiger partial charge in [-0.1, -0.05) is 42.5 Å². The largest absolute Gasteiger partial charge is 0.326 e. The number of amides is 1. The smallest absolute Gasteiger partial charge is 0.228 e. The maximum atomic E-state index is 11.9. The summed E-state index contributed by atoms with van der Waals surface area (Å²) >= 11 is 4.27. The number of para-hydroxylation sites is 1. The summed E-state index contributed by atoms with van der Waals surface area (Å²) in [6.07, 6.45) is 0.381. The number of carbonyl (C=O) groups is 1. The van der Waals surface area contributed by atoms with Gasteiger partial charge in [-0.2, -0.15) is 12.6 Å². The molecule has 0 aliphatic carbocycles. The molecule has 0 aliphatic heterocycles. The number of rotatable bonds is 4. The molecule has 0 aliphatic rings. The number of anilines is 1. The Morgan fingerprint density at radius 3 is 2.22 bits per heavy atom. The third-order valence-corrected chi connectivity index (χ3v) is 3.04. The normalized spacial score (nSPS) is 10.1. The van der Waals surface area contributed by atoms with Gasteiger partial charge in [-0.25, -0.2) is 0 Å². The van der Waals surface area contributed by atoms with Gasteiger partial charge in [0.15, 0.2) is 0 Å². The Labute approximate surface area is 112 Å². The molecule has 0 fully saturated rings. The predicted octanol–water partition coefficient (Wildman–Crippen LogP) is 3.30. The van der Waals surface area contributed by atoms with Crippen molar-refractivity contribution in [3.63, 3.8) is 0 Å². The summed E-state index contributed by atoms with van der Waals surface area (Å²) in [5.74, 6) is 0.643. The summed E-state index contributed by atoms with van der Waals surface area (Å²) < 4.78 is 0. The quantitative estimate of drug-likeness (QED) is 0.809. The van der Waals surface area contributed by atoms with E-state index >= 15 is 0 Å². The monoisotopic (exact) mass is 257 g/mol. The van der Waals surface area contributed by atoms with Gasteiger partial charge in [0, 0.05) is 11.4 Å². The summed E-state index contributed by atoms with van der Waals surface area (Å²) in [4.78, 5) is 11.9. The van der Waals surface area contributed by atoms with Gasteiger partial charge in [0.2, 0.25) is 5.91 Å². The van der Waals surface area contributed by atoms with E-state index in [1.807, 2.05) is 54.6 Å². The summed E-state index contributed by atoms with van der Waals surface area (Å²) in [6, 6.07) is 17.3. The van der Waals surface area contributed by atoms with Crippen LogP contribution in [0.2, 0.25) is 0 Å². The van der Waals surface area contributed by atoms with E-state index in [2.05, 4.69) is 17.9 Å². The highest BCUT2D eigenvalue weighted by molar-refractivity contribution is 7.79. The lowest BCUT2D eigenvalue weighted by Crippen LogP contribution is -2.15. The van der Waals surface area contributed by atoms with Crippen LogP contribution in [0.25, 0.3) is 0 Å². The molecule has 0 spiro atoms. The lowest BCUT2D eigenvalue weighted by atomic mass is 10.1. The van der Waals surface area contributed by atoms with Crippen LogP contribution >= 0.6 is 12.6 Å². The maximum absolute atomic E-state index is 11.9. The molecule has 0 atom stereocenters. The second-order valence-electron chi connectivity index (χ2n) is 4.02. The minimum Gasteiger partial charge on any atom is -0.326 e. The van der Waals surface area contributed by atoms with Crippen LogP contribution in [-0.4, -0.2) is 5.91 Å². The molecule has 0 radical (unpaired) electrons. The van der Waals surface area contributed by atoms with Crippen molar-refractivity contribution in [3.8, 4) is 0 Å². The minimum atomic E-state index is -0.00423. The van der Waals surface area contributed by atoms with Gasteiger partial charge in [-0.05, 0) is 23.3 Å². The number of hydrogen-bond acceptors (Lipinski definition) is 2. The van der Waals surface area contributed by atoms with Crippen LogP contribution in [-0.2, 0) is 17.0 Å². The molecule has 0 saturated carbocycles. The molecule has 2 aromatic rings. The van der Waals surface area contributed by atoms with Crippen LogP contribution in [0.4, 0.5) is 5.69 Å². The van der Waals surface area contributed by atoms with Crippen LogP contribution < -0.4 is 5.32 Å². The lowest BCUT2D eigenvalue weighted by Gasteiger charge is -2.08. The topological polar surface area (TPSA) is 29.1 Å². The standard InChI is InChI=1S/C15H15NOS/c17-15(16-14-8-2-1-3-9-14)10-12-6-4-5-7-13(12)11-18/h1-9,18H,10-11H2,(H,16,17). The zero-order valence-electron chi connectivity index (χ0n) is 9.97. The molecule has 0 saturated heterocycles. The van der Waals surface area contributed by atoms with Gasteiger partial charge < -0.3 is 5.32 Å². The van der Waals surface area contributed by atoms with Gasteiger partial charge in [-0.15, -0.1) is 0 Å². The Hall–Kier alpha value is -1.74. The number of thiol groups is 1. The average Bonchev–Trinajstić information content (AvgIpc) is 2.40. The molecular formula is C15H15NOS. The third-order valence-electron chi connectivity index (χ3n) is 2.70. The fraction of sp³-hybridized carbons (Fsp3) is 0.133. The first kappa shape index (κ1) is 12.7. The summed E-state index contributed by atoms with van der Waals surface area (Å²) in [7, 11) is 0.